The molecule has 1 fully saturated rings. The lowest BCUT2D eigenvalue weighted by molar-refractivity contribution is -0.0679. The van der Waals surface area contributed by atoms with E-state index in [1.54, 1.807) is 7.11 Å². The molecule has 0 radical (unpaired) electrons. The number of carbonyl (C=O) groups excluding carboxylic acids is 1. The van der Waals surface area contributed by atoms with Gasteiger partial charge in [0.1, 0.15) is 0 Å². The Kier molecular flexibility index (Phi) is 3.56. The fraction of sp³-hybridized carbons (Fsp3) is 0.667. The van der Waals surface area contributed by atoms with Crippen LogP contribution in [0.25, 0.3) is 0 Å². The maximum Gasteiger partial charge on any atom is 0.274 e. The van der Waals surface area contributed by atoms with Gasteiger partial charge in [-0.2, -0.15) is 5.10 Å². The molecule has 1 heterocycles. The minimum atomic E-state index is -0.244. The Bertz CT molecular complexity index is 432. The van der Waals surface area contributed by atoms with E-state index in [9.17, 15) is 4.79 Å². The van der Waals surface area contributed by atoms with E-state index < -0.39 is 0 Å². The van der Waals surface area contributed by atoms with E-state index in [2.05, 4.69) is 15.5 Å². The summed E-state index contributed by atoms with van der Waals surface area (Å²) in [7, 11) is 1.68. The predicted octanol–water partition coefficient (Wildman–Crippen LogP) is 0.853. The van der Waals surface area contributed by atoms with Crippen LogP contribution in [0.1, 0.15) is 42.4 Å². The highest BCUT2D eigenvalue weighted by molar-refractivity contribution is 5.97. The molecule has 1 aromatic rings. The van der Waals surface area contributed by atoms with Gasteiger partial charge in [0, 0.05) is 13.7 Å². The van der Waals surface area contributed by atoms with Crippen molar-refractivity contribution < 1.29 is 9.53 Å². The van der Waals surface area contributed by atoms with Crippen molar-refractivity contribution in [3.8, 4) is 0 Å². The van der Waals surface area contributed by atoms with Gasteiger partial charge in [0.25, 0.3) is 5.91 Å². The molecule has 0 aliphatic heterocycles. The number of nitrogens with one attached hydrogen (secondary N) is 2. The Morgan fingerprint density at radius 3 is 2.78 bits per heavy atom. The summed E-state index contributed by atoms with van der Waals surface area (Å²) in [6, 6.07) is 0. The number of nitrogens with zero attached hydrogens (tertiary/aromatic N) is 1. The van der Waals surface area contributed by atoms with Gasteiger partial charge >= 0.3 is 0 Å². The van der Waals surface area contributed by atoms with E-state index in [0.29, 0.717) is 12.2 Å². The van der Waals surface area contributed by atoms with Gasteiger partial charge in [0.05, 0.1) is 17.0 Å². The highest BCUT2D eigenvalue weighted by Gasteiger charge is 2.37. The number of methoxy groups -OCH3 is 1. The van der Waals surface area contributed by atoms with E-state index >= 15 is 0 Å². The van der Waals surface area contributed by atoms with Crippen LogP contribution in [0.15, 0.2) is 0 Å². The van der Waals surface area contributed by atoms with Crippen molar-refractivity contribution in [3.05, 3.63) is 11.4 Å². The SMILES string of the molecule is CCc1[nH]nc(C(=O)NCC2(OC)CCC2)c1N. The van der Waals surface area contributed by atoms with E-state index in [4.69, 9.17) is 10.5 Å². The highest BCUT2D eigenvalue weighted by Crippen LogP contribution is 2.34. The van der Waals surface area contributed by atoms with Crippen LogP contribution in [-0.4, -0.2) is 35.4 Å². The van der Waals surface area contributed by atoms with Crippen LogP contribution in [-0.2, 0) is 11.2 Å². The summed E-state index contributed by atoms with van der Waals surface area (Å²) in [4.78, 5) is 12.0. The normalized spacial score (nSPS) is 17.2. The first-order valence-corrected chi connectivity index (χ1v) is 6.28. The third-order valence-electron chi connectivity index (χ3n) is 3.72. The third-order valence-corrected chi connectivity index (χ3v) is 3.72. The first-order chi connectivity index (χ1) is 8.62. The smallest absolute Gasteiger partial charge is 0.274 e. The van der Waals surface area contributed by atoms with Crippen LogP contribution < -0.4 is 11.1 Å². The number of H-pyrrole nitrogens is 1. The monoisotopic (exact) mass is 252 g/mol. The number of hydrogen-bond acceptors (Lipinski definition) is 4. The molecule has 0 unspecified atom stereocenters. The van der Waals surface area contributed by atoms with Gasteiger partial charge in [0.15, 0.2) is 5.69 Å². The Balaban J connectivity index is 1.97. The molecule has 4 N–H and O–H groups in total. The van der Waals surface area contributed by atoms with Gasteiger partial charge in [-0.3, -0.25) is 9.89 Å². The van der Waals surface area contributed by atoms with E-state index in [1.165, 1.54) is 0 Å². The Labute approximate surface area is 106 Å². The molecule has 0 saturated heterocycles. The lowest BCUT2D eigenvalue weighted by Crippen LogP contribution is -2.49. The van der Waals surface area contributed by atoms with Crippen LogP contribution in [0.2, 0.25) is 0 Å². The molecular formula is C12H20N4O2. The zero-order valence-electron chi connectivity index (χ0n) is 10.9. The summed E-state index contributed by atoms with van der Waals surface area (Å²) in [5, 5.41) is 9.58. The summed E-state index contributed by atoms with van der Waals surface area (Å²) in [6.45, 7) is 2.47. The van der Waals surface area contributed by atoms with Crippen molar-refractivity contribution in [1.29, 1.82) is 0 Å². The molecule has 1 aromatic heterocycles. The molecule has 100 valence electrons. The molecule has 6 nitrogen and oxygen atoms in total. The molecule has 0 bridgehead atoms. The summed E-state index contributed by atoms with van der Waals surface area (Å²) in [5.41, 5.74) is 7.17. The third kappa shape index (κ3) is 2.20. The van der Waals surface area contributed by atoms with Crippen molar-refractivity contribution in [3.63, 3.8) is 0 Å². The number of nitrogen functional groups attached to an aromatic ring is 1. The van der Waals surface area contributed by atoms with Gasteiger partial charge in [-0.25, -0.2) is 0 Å². The molecule has 1 saturated carbocycles. The molecule has 0 aromatic carbocycles. The second-order valence-electron chi connectivity index (χ2n) is 4.74. The molecule has 1 aliphatic rings. The zero-order chi connectivity index (χ0) is 13.2. The summed E-state index contributed by atoms with van der Waals surface area (Å²) >= 11 is 0. The maximum atomic E-state index is 12.0. The average molecular weight is 252 g/mol. The number of anilines is 1. The largest absolute Gasteiger partial charge is 0.395 e. The minimum absolute atomic E-state index is 0.186. The topological polar surface area (TPSA) is 93.0 Å². The van der Waals surface area contributed by atoms with Crippen molar-refractivity contribution >= 4 is 11.6 Å². The van der Waals surface area contributed by atoms with E-state index in [-0.39, 0.29) is 17.2 Å². The van der Waals surface area contributed by atoms with Gasteiger partial charge in [-0.15, -0.1) is 0 Å². The van der Waals surface area contributed by atoms with Crippen LogP contribution in [0.4, 0.5) is 5.69 Å². The molecule has 2 rings (SSSR count). The van der Waals surface area contributed by atoms with Crippen LogP contribution in [0, 0.1) is 0 Å². The molecule has 18 heavy (non-hydrogen) atoms. The molecule has 0 spiro atoms. The number of aryl methyl sites for hydroxylation is 1. The summed E-state index contributed by atoms with van der Waals surface area (Å²) in [5.74, 6) is -0.244. The summed E-state index contributed by atoms with van der Waals surface area (Å²) in [6.07, 6.45) is 3.85. The molecule has 0 atom stereocenters. The molecule has 1 amide bonds. The lowest BCUT2D eigenvalue weighted by Gasteiger charge is -2.40. The second-order valence-corrected chi connectivity index (χ2v) is 4.74. The number of carbonyl (C=O) groups is 1. The van der Waals surface area contributed by atoms with Gasteiger partial charge in [0.2, 0.25) is 0 Å². The minimum Gasteiger partial charge on any atom is -0.395 e. The number of aromatic nitrogens is 2. The number of nitrogens with two attached hydrogens (primary N) is 1. The fourth-order valence-electron chi connectivity index (χ4n) is 2.18. The molecule has 1 aliphatic carbocycles. The zero-order valence-corrected chi connectivity index (χ0v) is 10.9. The van der Waals surface area contributed by atoms with Crippen LogP contribution in [0.5, 0.6) is 0 Å². The Morgan fingerprint density at radius 2 is 2.33 bits per heavy atom. The quantitative estimate of drug-likeness (QED) is 0.724. The van der Waals surface area contributed by atoms with Crippen molar-refractivity contribution in [1.82, 2.24) is 15.5 Å². The Morgan fingerprint density at radius 1 is 1.61 bits per heavy atom. The fourth-order valence-corrected chi connectivity index (χ4v) is 2.18. The first kappa shape index (κ1) is 12.9. The van der Waals surface area contributed by atoms with Crippen molar-refractivity contribution in [2.24, 2.45) is 0 Å². The van der Waals surface area contributed by atoms with Crippen LogP contribution >= 0.6 is 0 Å². The highest BCUT2D eigenvalue weighted by atomic mass is 16.5. The Hall–Kier alpha value is -1.56. The number of hydrogen-bond donors (Lipinski definition) is 3. The number of rotatable bonds is 5. The van der Waals surface area contributed by atoms with E-state index in [0.717, 1.165) is 31.4 Å². The van der Waals surface area contributed by atoms with Crippen molar-refractivity contribution in [2.45, 2.75) is 38.2 Å². The lowest BCUT2D eigenvalue weighted by atomic mass is 9.80. The van der Waals surface area contributed by atoms with Crippen molar-refractivity contribution in [2.75, 3.05) is 19.4 Å². The van der Waals surface area contributed by atoms with Crippen LogP contribution in [0.3, 0.4) is 0 Å². The van der Waals surface area contributed by atoms with Gasteiger partial charge in [-0.05, 0) is 25.7 Å². The number of ether oxygens (including phenoxy) is 1. The maximum absolute atomic E-state index is 12.0. The average Bonchev–Trinajstić information content (AvgIpc) is 2.69. The van der Waals surface area contributed by atoms with Gasteiger partial charge in [-0.1, -0.05) is 6.92 Å². The first-order valence-electron chi connectivity index (χ1n) is 6.28. The number of aromatic amines is 1. The summed E-state index contributed by atoms with van der Waals surface area (Å²) < 4.78 is 5.44. The van der Waals surface area contributed by atoms with E-state index in [1.807, 2.05) is 6.92 Å². The second kappa shape index (κ2) is 4.97. The van der Waals surface area contributed by atoms with Gasteiger partial charge < -0.3 is 15.8 Å². The standard InChI is InChI=1S/C12H20N4O2/c1-3-8-9(13)10(16-15-8)11(17)14-7-12(18-2)5-4-6-12/h3-7,13H2,1-2H3,(H,14,17)(H,15,16). The predicted molar refractivity (Wildman–Crippen MR) is 68.3 cm³/mol. The number of amides is 1. The molecule has 6 heteroatoms. The molecular weight excluding hydrogens is 232 g/mol.